The standard InChI is InChI=1S/C20H17FN6O2/c1-13-2-8-16(9-3-13)27-19-18(24-25-27)20(29)26(12-23-19)11-17(28)22-10-14-4-6-15(21)7-5-14/h2-9,12H,10-11H2,1H3,(H,22,28). The van der Waals surface area contributed by atoms with Crippen LogP contribution in [0.25, 0.3) is 16.9 Å². The molecule has 0 aliphatic heterocycles. The molecule has 9 heteroatoms. The number of nitrogens with one attached hydrogen (secondary N) is 1. The number of carbonyl (C=O) groups excluding carboxylic acids is 1. The third kappa shape index (κ3) is 3.88. The van der Waals surface area contributed by atoms with Crippen LogP contribution in [0, 0.1) is 12.7 Å². The van der Waals surface area contributed by atoms with Gasteiger partial charge in [0.05, 0.1) is 5.69 Å². The minimum absolute atomic E-state index is 0.0828. The average Bonchev–Trinajstić information content (AvgIpc) is 3.15. The Labute approximate surface area is 164 Å². The van der Waals surface area contributed by atoms with E-state index in [-0.39, 0.29) is 30.3 Å². The SMILES string of the molecule is Cc1ccc(-n2nnc3c(=O)n(CC(=O)NCc4ccc(F)cc4)cnc32)cc1. The van der Waals surface area contributed by atoms with Crippen LogP contribution in [0.3, 0.4) is 0 Å². The fourth-order valence-corrected chi connectivity index (χ4v) is 2.83. The fourth-order valence-electron chi connectivity index (χ4n) is 2.83. The lowest BCUT2D eigenvalue weighted by molar-refractivity contribution is -0.121. The van der Waals surface area contributed by atoms with Crippen molar-refractivity contribution in [1.82, 2.24) is 29.9 Å². The van der Waals surface area contributed by atoms with Gasteiger partial charge in [0.15, 0.2) is 11.2 Å². The molecular weight excluding hydrogens is 375 g/mol. The molecule has 2 aromatic heterocycles. The molecule has 0 spiro atoms. The minimum Gasteiger partial charge on any atom is -0.350 e. The molecule has 1 N–H and O–H groups in total. The number of amides is 1. The van der Waals surface area contributed by atoms with Gasteiger partial charge in [0, 0.05) is 6.54 Å². The summed E-state index contributed by atoms with van der Waals surface area (Å²) in [5, 5.41) is 10.6. The first-order valence-corrected chi connectivity index (χ1v) is 8.90. The molecule has 0 bridgehead atoms. The molecule has 0 fully saturated rings. The molecule has 2 heterocycles. The summed E-state index contributed by atoms with van der Waals surface area (Å²) in [6.07, 6.45) is 1.30. The van der Waals surface area contributed by atoms with E-state index in [0.717, 1.165) is 16.8 Å². The van der Waals surface area contributed by atoms with Gasteiger partial charge >= 0.3 is 0 Å². The number of nitrogens with zero attached hydrogens (tertiary/aromatic N) is 5. The molecule has 4 rings (SSSR count). The average molecular weight is 392 g/mol. The van der Waals surface area contributed by atoms with Crippen molar-refractivity contribution < 1.29 is 9.18 Å². The Balaban J connectivity index is 1.52. The lowest BCUT2D eigenvalue weighted by Crippen LogP contribution is -2.32. The van der Waals surface area contributed by atoms with Crippen LogP contribution in [0.1, 0.15) is 11.1 Å². The van der Waals surface area contributed by atoms with Crippen molar-refractivity contribution in [1.29, 1.82) is 0 Å². The normalized spacial score (nSPS) is 11.0. The first-order chi connectivity index (χ1) is 14.0. The van der Waals surface area contributed by atoms with Crippen molar-refractivity contribution >= 4 is 17.1 Å². The number of aromatic nitrogens is 5. The van der Waals surface area contributed by atoms with Crippen molar-refractivity contribution in [2.75, 3.05) is 0 Å². The van der Waals surface area contributed by atoms with Gasteiger partial charge in [-0.15, -0.1) is 5.10 Å². The number of benzene rings is 2. The minimum atomic E-state index is -0.453. The smallest absolute Gasteiger partial charge is 0.284 e. The van der Waals surface area contributed by atoms with Crippen LogP contribution in [0.15, 0.2) is 59.7 Å². The van der Waals surface area contributed by atoms with Gasteiger partial charge in [-0.3, -0.25) is 14.2 Å². The molecular formula is C20H17FN6O2. The van der Waals surface area contributed by atoms with Crippen LogP contribution >= 0.6 is 0 Å². The molecule has 0 saturated carbocycles. The second kappa shape index (κ2) is 7.63. The van der Waals surface area contributed by atoms with Gasteiger partial charge in [-0.2, -0.15) is 4.68 Å². The topological polar surface area (TPSA) is 94.7 Å². The number of hydrogen-bond donors (Lipinski definition) is 1. The fraction of sp³-hybridized carbons (Fsp3) is 0.150. The maximum absolute atomic E-state index is 12.9. The molecule has 0 unspecified atom stereocenters. The zero-order valence-electron chi connectivity index (χ0n) is 15.5. The quantitative estimate of drug-likeness (QED) is 0.558. The van der Waals surface area contributed by atoms with E-state index in [1.165, 1.54) is 27.7 Å². The number of aryl methyl sites for hydroxylation is 1. The Morgan fingerprint density at radius 3 is 2.55 bits per heavy atom. The third-order valence-electron chi connectivity index (χ3n) is 4.42. The van der Waals surface area contributed by atoms with Gasteiger partial charge in [-0.25, -0.2) is 9.37 Å². The highest BCUT2D eigenvalue weighted by Crippen LogP contribution is 2.12. The van der Waals surface area contributed by atoms with E-state index in [2.05, 4.69) is 20.6 Å². The molecule has 146 valence electrons. The van der Waals surface area contributed by atoms with Crippen molar-refractivity contribution in [2.45, 2.75) is 20.0 Å². The zero-order chi connectivity index (χ0) is 20.4. The van der Waals surface area contributed by atoms with Crippen LogP contribution in [-0.2, 0) is 17.9 Å². The first-order valence-electron chi connectivity index (χ1n) is 8.90. The Morgan fingerprint density at radius 1 is 1.10 bits per heavy atom. The maximum Gasteiger partial charge on any atom is 0.284 e. The highest BCUT2D eigenvalue weighted by molar-refractivity contribution is 5.76. The highest BCUT2D eigenvalue weighted by Gasteiger charge is 2.14. The van der Waals surface area contributed by atoms with Crippen molar-refractivity contribution in [2.24, 2.45) is 0 Å². The number of carbonyl (C=O) groups is 1. The summed E-state index contributed by atoms with van der Waals surface area (Å²) in [7, 11) is 0. The van der Waals surface area contributed by atoms with Gasteiger partial charge < -0.3 is 5.32 Å². The van der Waals surface area contributed by atoms with Gasteiger partial charge in [0.1, 0.15) is 18.7 Å². The van der Waals surface area contributed by atoms with E-state index in [0.29, 0.717) is 5.65 Å². The van der Waals surface area contributed by atoms with Crippen molar-refractivity contribution in [3.05, 3.63) is 82.2 Å². The first kappa shape index (κ1) is 18.5. The van der Waals surface area contributed by atoms with E-state index < -0.39 is 5.56 Å². The molecule has 4 aromatic rings. The molecule has 2 aromatic carbocycles. The van der Waals surface area contributed by atoms with Gasteiger partial charge in [-0.05, 0) is 36.8 Å². The van der Waals surface area contributed by atoms with E-state index in [1.807, 2.05) is 31.2 Å². The molecule has 0 radical (unpaired) electrons. The van der Waals surface area contributed by atoms with Crippen LogP contribution in [0.4, 0.5) is 4.39 Å². The molecule has 1 amide bonds. The van der Waals surface area contributed by atoms with Gasteiger partial charge in [0.2, 0.25) is 5.91 Å². The summed E-state index contributed by atoms with van der Waals surface area (Å²) < 4.78 is 15.6. The van der Waals surface area contributed by atoms with Crippen LogP contribution in [0.5, 0.6) is 0 Å². The van der Waals surface area contributed by atoms with E-state index in [4.69, 9.17) is 0 Å². The van der Waals surface area contributed by atoms with E-state index in [9.17, 15) is 14.0 Å². The lowest BCUT2D eigenvalue weighted by Gasteiger charge is -2.07. The summed E-state index contributed by atoms with van der Waals surface area (Å²) in [4.78, 5) is 29.1. The monoisotopic (exact) mass is 392 g/mol. The summed E-state index contributed by atoms with van der Waals surface area (Å²) in [6.45, 7) is 1.99. The maximum atomic E-state index is 12.9. The number of fused-ring (bicyclic) bond motifs is 1. The molecule has 0 saturated heterocycles. The molecule has 29 heavy (non-hydrogen) atoms. The van der Waals surface area contributed by atoms with Gasteiger partial charge in [0.25, 0.3) is 5.56 Å². The number of hydrogen-bond acceptors (Lipinski definition) is 5. The largest absolute Gasteiger partial charge is 0.350 e. The lowest BCUT2D eigenvalue weighted by atomic mass is 10.2. The summed E-state index contributed by atoms with van der Waals surface area (Å²) in [5.41, 5.74) is 2.54. The second-order valence-electron chi connectivity index (χ2n) is 6.59. The Bertz CT molecular complexity index is 1230. The Hall–Kier alpha value is -3.88. The van der Waals surface area contributed by atoms with E-state index in [1.54, 1.807) is 12.1 Å². The predicted molar refractivity (Wildman–Crippen MR) is 104 cm³/mol. The Kier molecular flexibility index (Phi) is 4.86. The number of halogens is 1. The van der Waals surface area contributed by atoms with Crippen LogP contribution in [-0.4, -0.2) is 30.5 Å². The van der Waals surface area contributed by atoms with Gasteiger partial charge in [-0.1, -0.05) is 35.0 Å². The number of rotatable bonds is 5. The summed E-state index contributed by atoms with van der Waals surface area (Å²) in [5.74, 6) is -0.715. The van der Waals surface area contributed by atoms with E-state index >= 15 is 0 Å². The second-order valence-corrected chi connectivity index (χ2v) is 6.59. The summed E-state index contributed by atoms with van der Waals surface area (Å²) >= 11 is 0. The molecule has 0 atom stereocenters. The molecule has 8 nitrogen and oxygen atoms in total. The third-order valence-corrected chi connectivity index (χ3v) is 4.42. The molecule has 0 aliphatic rings. The van der Waals surface area contributed by atoms with Crippen molar-refractivity contribution in [3.63, 3.8) is 0 Å². The predicted octanol–water partition coefficient (Wildman–Crippen LogP) is 1.74. The van der Waals surface area contributed by atoms with Crippen molar-refractivity contribution in [3.8, 4) is 5.69 Å². The van der Waals surface area contributed by atoms with Crippen LogP contribution in [0.2, 0.25) is 0 Å². The summed E-state index contributed by atoms with van der Waals surface area (Å²) in [6, 6.07) is 13.4. The van der Waals surface area contributed by atoms with Crippen LogP contribution < -0.4 is 10.9 Å². The zero-order valence-corrected chi connectivity index (χ0v) is 15.5. The highest BCUT2D eigenvalue weighted by atomic mass is 19.1. The molecule has 0 aliphatic carbocycles. The Morgan fingerprint density at radius 2 is 1.83 bits per heavy atom.